The van der Waals surface area contributed by atoms with Gasteiger partial charge in [0.25, 0.3) is 0 Å². The van der Waals surface area contributed by atoms with Crippen LogP contribution >= 0.6 is 0 Å². The Morgan fingerprint density at radius 1 is 1.57 bits per heavy atom. The minimum atomic E-state index is -0.228. The number of nitrogens with zero attached hydrogens (tertiary/aromatic N) is 1. The SMILES string of the molecule is CCc1ccc(C(N)c2cn[nH]c2)o1. The summed E-state index contributed by atoms with van der Waals surface area (Å²) in [6.45, 7) is 2.05. The molecule has 4 nitrogen and oxygen atoms in total. The zero-order chi connectivity index (χ0) is 9.97. The molecule has 0 amide bonds. The van der Waals surface area contributed by atoms with Gasteiger partial charge < -0.3 is 10.2 Å². The molecule has 0 aromatic carbocycles. The molecule has 0 saturated heterocycles. The highest BCUT2D eigenvalue weighted by Crippen LogP contribution is 2.20. The second-order valence-corrected chi connectivity index (χ2v) is 3.17. The molecule has 74 valence electrons. The minimum Gasteiger partial charge on any atom is -0.464 e. The van der Waals surface area contributed by atoms with Crippen molar-refractivity contribution in [1.82, 2.24) is 10.2 Å². The first kappa shape index (κ1) is 9.02. The number of furan rings is 1. The lowest BCUT2D eigenvalue weighted by molar-refractivity contribution is 0.454. The standard InChI is InChI=1S/C10H13N3O/c1-2-8-3-4-9(14-8)10(11)7-5-12-13-6-7/h3-6,10H,2,11H2,1H3,(H,12,13). The fraction of sp³-hybridized carbons (Fsp3) is 0.300. The maximum absolute atomic E-state index is 5.98. The van der Waals surface area contributed by atoms with Crippen LogP contribution in [0.5, 0.6) is 0 Å². The normalized spacial score (nSPS) is 13.0. The average Bonchev–Trinajstić information content (AvgIpc) is 2.88. The van der Waals surface area contributed by atoms with E-state index in [-0.39, 0.29) is 6.04 Å². The number of aryl methyl sites for hydroxylation is 1. The summed E-state index contributed by atoms with van der Waals surface area (Å²) in [6, 6.07) is 3.64. The van der Waals surface area contributed by atoms with Crippen molar-refractivity contribution < 1.29 is 4.42 Å². The molecule has 14 heavy (non-hydrogen) atoms. The van der Waals surface area contributed by atoms with Gasteiger partial charge in [-0.2, -0.15) is 5.10 Å². The minimum absolute atomic E-state index is 0.228. The Kier molecular flexibility index (Phi) is 2.37. The van der Waals surface area contributed by atoms with Gasteiger partial charge in [0, 0.05) is 18.2 Å². The van der Waals surface area contributed by atoms with Crippen molar-refractivity contribution in [3.8, 4) is 0 Å². The van der Waals surface area contributed by atoms with Crippen LogP contribution in [0.1, 0.15) is 30.0 Å². The van der Waals surface area contributed by atoms with Gasteiger partial charge in [0.2, 0.25) is 0 Å². The second-order valence-electron chi connectivity index (χ2n) is 3.17. The molecule has 0 aliphatic heterocycles. The monoisotopic (exact) mass is 191 g/mol. The van der Waals surface area contributed by atoms with Gasteiger partial charge in [-0.3, -0.25) is 5.10 Å². The van der Waals surface area contributed by atoms with Crippen molar-refractivity contribution in [3.05, 3.63) is 41.6 Å². The summed E-state index contributed by atoms with van der Waals surface area (Å²) in [4.78, 5) is 0. The number of aromatic nitrogens is 2. The molecule has 1 unspecified atom stereocenters. The summed E-state index contributed by atoms with van der Waals surface area (Å²) in [7, 11) is 0. The first-order valence-electron chi connectivity index (χ1n) is 4.64. The lowest BCUT2D eigenvalue weighted by Gasteiger charge is -2.04. The number of nitrogens with two attached hydrogens (primary N) is 1. The van der Waals surface area contributed by atoms with Gasteiger partial charge >= 0.3 is 0 Å². The van der Waals surface area contributed by atoms with Crippen LogP contribution in [-0.4, -0.2) is 10.2 Å². The Morgan fingerprint density at radius 3 is 3.00 bits per heavy atom. The predicted molar refractivity (Wildman–Crippen MR) is 52.7 cm³/mol. The summed E-state index contributed by atoms with van der Waals surface area (Å²) >= 11 is 0. The third kappa shape index (κ3) is 1.56. The van der Waals surface area contributed by atoms with Gasteiger partial charge in [-0.25, -0.2) is 0 Å². The maximum atomic E-state index is 5.98. The van der Waals surface area contributed by atoms with Crippen LogP contribution < -0.4 is 5.73 Å². The largest absolute Gasteiger partial charge is 0.464 e. The molecule has 2 aromatic rings. The molecule has 0 aliphatic rings. The van der Waals surface area contributed by atoms with Gasteiger partial charge in [0.05, 0.1) is 12.2 Å². The molecule has 2 heterocycles. The maximum Gasteiger partial charge on any atom is 0.125 e. The molecular formula is C10H13N3O. The van der Waals surface area contributed by atoms with E-state index in [1.807, 2.05) is 19.1 Å². The van der Waals surface area contributed by atoms with E-state index in [4.69, 9.17) is 10.2 Å². The fourth-order valence-corrected chi connectivity index (χ4v) is 1.35. The van der Waals surface area contributed by atoms with Crippen molar-refractivity contribution in [2.45, 2.75) is 19.4 Å². The Bertz CT molecular complexity index is 391. The van der Waals surface area contributed by atoms with Crippen LogP contribution in [0.15, 0.2) is 28.9 Å². The molecule has 0 aliphatic carbocycles. The summed E-state index contributed by atoms with van der Waals surface area (Å²) in [5.41, 5.74) is 6.91. The molecule has 0 radical (unpaired) electrons. The Hall–Kier alpha value is -1.55. The lowest BCUT2D eigenvalue weighted by atomic mass is 10.1. The van der Waals surface area contributed by atoms with E-state index in [0.717, 1.165) is 23.5 Å². The Morgan fingerprint density at radius 2 is 2.43 bits per heavy atom. The smallest absolute Gasteiger partial charge is 0.125 e. The molecular weight excluding hydrogens is 178 g/mol. The third-order valence-corrected chi connectivity index (χ3v) is 2.22. The highest BCUT2D eigenvalue weighted by molar-refractivity contribution is 5.22. The quantitative estimate of drug-likeness (QED) is 0.774. The van der Waals surface area contributed by atoms with E-state index in [2.05, 4.69) is 10.2 Å². The van der Waals surface area contributed by atoms with E-state index < -0.39 is 0 Å². The summed E-state index contributed by atoms with van der Waals surface area (Å²) in [5.74, 6) is 1.74. The van der Waals surface area contributed by atoms with Crippen molar-refractivity contribution in [1.29, 1.82) is 0 Å². The van der Waals surface area contributed by atoms with Crippen molar-refractivity contribution in [2.75, 3.05) is 0 Å². The van der Waals surface area contributed by atoms with Crippen molar-refractivity contribution >= 4 is 0 Å². The summed E-state index contributed by atoms with van der Waals surface area (Å²) in [6.07, 6.45) is 4.37. The molecule has 3 N–H and O–H groups in total. The van der Waals surface area contributed by atoms with E-state index in [1.165, 1.54) is 0 Å². The molecule has 2 aromatic heterocycles. The number of hydrogen-bond donors (Lipinski definition) is 2. The molecule has 4 heteroatoms. The average molecular weight is 191 g/mol. The molecule has 0 fully saturated rings. The number of hydrogen-bond acceptors (Lipinski definition) is 3. The zero-order valence-electron chi connectivity index (χ0n) is 8.03. The van der Waals surface area contributed by atoms with Crippen LogP contribution in [0, 0.1) is 0 Å². The molecule has 0 spiro atoms. The van der Waals surface area contributed by atoms with Crippen LogP contribution in [0.3, 0.4) is 0 Å². The number of rotatable bonds is 3. The summed E-state index contributed by atoms with van der Waals surface area (Å²) < 4.78 is 5.55. The zero-order valence-corrected chi connectivity index (χ0v) is 8.03. The number of nitrogens with one attached hydrogen (secondary N) is 1. The van der Waals surface area contributed by atoms with E-state index in [0.29, 0.717) is 0 Å². The van der Waals surface area contributed by atoms with Gasteiger partial charge in [-0.05, 0) is 12.1 Å². The first-order chi connectivity index (χ1) is 6.81. The lowest BCUT2D eigenvalue weighted by Crippen LogP contribution is -2.09. The van der Waals surface area contributed by atoms with Crippen LogP contribution in [0.4, 0.5) is 0 Å². The molecule has 0 saturated carbocycles. The van der Waals surface area contributed by atoms with E-state index >= 15 is 0 Å². The topological polar surface area (TPSA) is 67.8 Å². The van der Waals surface area contributed by atoms with E-state index in [9.17, 15) is 0 Å². The van der Waals surface area contributed by atoms with Crippen LogP contribution in [0.2, 0.25) is 0 Å². The molecule has 1 atom stereocenters. The predicted octanol–water partition coefficient (Wildman–Crippen LogP) is 1.61. The highest BCUT2D eigenvalue weighted by Gasteiger charge is 2.13. The van der Waals surface area contributed by atoms with Crippen molar-refractivity contribution in [2.24, 2.45) is 5.73 Å². The molecule has 2 rings (SSSR count). The number of aromatic amines is 1. The summed E-state index contributed by atoms with van der Waals surface area (Å²) in [5, 5.41) is 6.58. The van der Waals surface area contributed by atoms with Crippen molar-refractivity contribution in [3.63, 3.8) is 0 Å². The third-order valence-electron chi connectivity index (χ3n) is 2.22. The van der Waals surface area contributed by atoms with Crippen LogP contribution in [-0.2, 0) is 6.42 Å². The molecule has 0 bridgehead atoms. The van der Waals surface area contributed by atoms with Crippen LogP contribution in [0.25, 0.3) is 0 Å². The van der Waals surface area contributed by atoms with Gasteiger partial charge in [0.15, 0.2) is 0 Å². The highest BCUT2D eigenvalue weighted by atomic mass is 16.3. The first-order valence-corrected chi connectivity index (χ1v) is 4.64. The second kappa shape index (κ2) is 3.67. The Balaban J connectivity index is 2.23. The number of H-pyrrole nitrogens is 1. The van der Waals surface area contributed by atoms with E-state index in [1.54, 1.807) is 12.4 Å². The van der Waals surface area contributed by atoms with Gasteiger partial charge in [-0.1, -0.05) is 6.92 Å². The van der Waals surface area contributed by atoms with Gasteiger partial charge in [-0.15, -0.1) is 0 Å². The van der Waals surface area contributed by atoms with Gasteiger partial charge in [0.1, 0.15) is 11.5 Å². The Labute approximate surface area is 82.1 Å². The fourth-order valence-electron chi connectivity index (χ4n) is 1.35.